The fourth-order valence-electron chi connectivity index (χ4n) is 1.68. The monoisotopic (exact) mass is 232 g/mol. The van der Waals surface area contributed by atoms with Gasteiger partial charge in [0.1, 0.15) is 0 Å². The Morgan fingerprint density at radius 3 is 2.25 bits per heavy atom. The molecule has 96 valence electrons. The summed E-state index contributed by atoms with van der Waals surface area (Å²) in [5.74, 6) is -0.756. The van der Waals surface area contributed by atoms with Gasteiger partial charge in [0, 0.05) is 6.61 Å². The van der Waals surface area contributed by atoms with Crippen LogP contribution in [0.5, 0.6) is 0 Å². The molecule has 1 N–H and O–H groups in total. The molecule has 1 unspecified atom stereocenters. The normalized spacial score (nSPS) is 14.7. The molecule has 0 radical (unpaired) electrons. The van der Waals surface area contributed by atoms with E-state index in [4.69, 9.17) is 9.47 Å². The molecule has 0 saturated heterocycles. The van der Waals surface area contributed by atoms with Gasteiger partial charge in [-0.3, -0.25) is 4.79 Å². The van der Waals surface area contributed by atoms with Gasteiger partial charge in [0.25, 0.3) is 0 Å². The lowest BCUT2D eigenvalue weighted by atomic mass is 9.82. The average molecular weight is 232 g/mol. The molecule has 0 aliphatic carbocycles. The number of carbonyl (C=O) groups is 1. The van der Waals surface area contributed by atoms with Gasteiger partial charge >= 0.3 is 5.97 Å². The Labute approximate surface area is 97.9 Å². The van der Waals surface area contributed by atoms with Gasteiger partial charge in [0.05, 0.1) is 25.2 Å². The molecule has 16 heavy (non-hydrogen) atoms. The smallest absolute Gasteiger partial charge is 0.311 e. The molecule has 4 heteroatoms. The third-order valence-electron chi connectivity index (χ3n) is 2.81. The van der Waals surface area contributed by atoms with Crippen molar-refractivity contribution >= 4 is 5.97 Å². The molecule has 0 aromatic carbocycles. The van der Waals surface area contributed by atoms with E-state index in [2.05, 4.69) is 0 Å². The molecule has 0 spiro atoms. The first-order chi connectivity index (χ1) is 7.63. The minimum atomic E-state index is -0.756. The second-order valence-corrected chi connectivity index (χ2v) is 3.94. The van der Waals surface area contributed by atoms with E-state index in [0.717, 1.165) is 6.42 Å². The quantitative estimate of drug-likeness (QED) is 0.587. The van der Waals surface area contributed by atoms with Crippen LogP contribution in [-0.4, -0.2) is 37.5 Å². The molecular weight excluding hydrogens is 208 g/mol. The number of hydrogen-bond donors (Lipinski definition) is 1. The highest BCUT2D eigenvalue weighted by molar-refractivity contribution is 5.74. The van der Waals surface area contributed by atoms with Gasteiger partial charge in [-0.2, -0.15) is 0 Å². The van der Waals surface area contributed by atoms with E-state index in [1.54, 1.807) is 0 Å². The van der Waals surface area contributed by atoms with Crippen molar-refractivity contribution in [2.24, 2.45) is 5.41 Å². The summed E-state index contributed by atoms with van der Waals surface area (Å²) in [6, 6.07) is 0. The van der Waals surface area contributed by atoms with Crippen molar-refractivity contribution < 1.29 is 19.4 Å². The van der Waals surface area contributed by atoms with Gasteiger partial charge in [-0.1, -0.05) is 20.3 Å². The van der Waals surface area contributed by atoms with Gasteiger partial charge in [0.2, 0.25) is 0 Å². The van der Waals surface area contributed by atoms with Crippen LogP contribution < -0.4 is 0 Å². The van der Waals surface area contributed by atoms with E-state index in [0.29, 0.717) is 32.7 Å². The van der Waals surface area contributed by atoms with Crippen LogP contribution >= 0.6 is 0 Å². The molecule has 0 aliphatic rings. The SMILES string of the molecule is CCCC(CC)(COCCOCC)C(=O)O. The van der Waals surface area contributed by atoms with Crippen molar-refractivity contribution in [1.82, 2.24) is 0 Å². The highest BCUT2D eigenvalue weighted by Crippen LogP contribution is 2.28. The fourth-order valence-corrected chi connectivity index (χ4v) is 1.68. The van der Waals surface area contributed by atoms with Crippen LogP contribution in [0.4, 0.5) is 0 Å². The first kappa shape index (κ1) is 15.4. The zero-order valence-corrected chi connectivity index (χ0v) is 10.6. The molecule has 0 aliphatic heterocycles. The van der Waals surface area contributed by atoms with Gasteiger partial charge < -0.3 is 14.6 Å². The van der Waals surface area contributed by atoms with Gasteiger partial charge in [-0.05, 0) is 19.8 Å². The fraction of sp³-hybridized carbons (Fsp3) is 0.917. The Hall–Kier alpha value is -0.610. The van der Waals surface area contributed by atoms with Crippen LogP contribution in [0.1, 0.15) is 40.0 Å². The lowest BCUT2D eigenvalue weighted by Crippen LogP contribution is -2.35. The van der Waals surface area contributed by atoms with Crippen LogP contribution in [0.15, 0.2) is 0 Å². The highest BCUT2D eigenvalue weighted by Gasteiger charge is 2.35. The largest absolute Gasteiger partial charge is 0.481 e. The number of rotatable bonds is 10. The van der Waals surface area contributed by atoms with Crippen molar-refractivity contribution in [2.75, 3.05) is 26.4 Å². The first-order valence-electron chi connectivity index (χ1n) is 6.01. The Morgan fingerprint density at radius 1 is 1.19 bits per heavy atom. The number of hydrogen-bond acceptors (Lipinski definition) is 3. The van der Waals surface area contributed by atoms with Crippen molar-refractivity contribution in [2.45, 2.75) is 40.0 Å². The Balaban J connectivity index is 4.05. The Bertz CT molecular complexity index is 193. The van der Waals surface area contributed by atoms with E-state index in [-0.39, 0.29) is 6.61 Å². The molecule has 4 nitrogen and oxygen atoms in total. The summed E-state index contributed by atoms with van der Waals surface area (Å²) >= 11 is 0. The van der Waals surface area contributed by atoms with Crippen LogP contribution in [0.3, 0.4) is 0 Å². The van der Waals surface area contributed by atoms with Gasteiger partial charge in [-0.25, -0.2) is 0 Å². The van der Waals surface area contributed by atoms with Crippen LogP contribution in [0.2, 0.25) is 0 Å². The Morgan fingerprint density at radius 2 is 1.81 bits per heavy atom. The van der Waals surface area contributed by atoms with E-state index in [1.165, 1.54) is 0 Å². The molecule has 0 amide bonds. The first-order valence-corrected chi connectivity index (χ1v) is 6.01. The van der Waals surface area contributed by atoms with E-state index in [1.807, 2.05) is 20.8 Å². The molecule has 0 saturated carbocycles. The summed E-state index contributed by atoms with van der Waals surface area (Å²) in [4.78, 5) is 11.3. The summed E-state index contributed by atoms with van der Waals surface area (Å²) in [7, 11) is 0. The molecule has 0 bridgehead atoms. The van der Waals surface area contributed by atoms with Crippen LogP contribution in [-0.2, 0) is 14.3 Å². The number of aliphatic carboxylic acids is 1. The van der Waals surface area contributed by atoms with Crippen LogP contribution in [0.25, 0.3) is 0 Å². The molecule has 0 rings (SSSR count). The molecule has 0 aromatic rings. The van der Waals surface area contributed by atoms with Gasteiger partial charge in [-0.15, -0.1) is 0 Å². The second kappa shape index (κ2) is 8.53. The zero-order valence-electron chi connectivity index (χ0n) is 10.6. The minimum absolute atomic E-state index is 0.278. The summed E-state index contributed by atoms with van der Waals surface area (Å²) in [5, 5.41) is 9.25. The summed E-state index contributed by atoms with van der Waals surface area (Å²) in [5.41, 5.74) is -0.721. The molecule has 1 atom stereocenters. The molecule has 0 heterocycles. The topological polar surface area (TPSA) is 55.8 Å². The molecule has 0 fully saturated rings. The van der Waals surface area contributed by atoms with E-state index >= 15 is 0 Å². The third kappa shape index (κ3) is 4.94. The van der Waals surface area contributed by atoms with E-state index < -0.39 is 11.4 Å². The molecule has 0 aromatic heterocycles. The standard InChI is InChI=1S/C12H24O4/c1-4-7-12(5-2,11(13)14)10-16-9-8-15-6-3/h4-10H2,1-3H3,(H,13,14). The van der Waals surface area contributed by atoms with Crippen molar-refractivity contribution in [3.8, 4) is 0 Å². The average Bonchev–Trinajstić information content (AvgIpc) is 2.27. The van der Waals surface area contributed by atoms with Crippen LogP contribution in [0, 0.1) is 5.41 Å². The lowest BCUT2D eigenvalue weighted by Gasteiger charge is -2.27. The zero-order chi connectivity index (χ0) is 12.4. The summed E-state index contributed by atoms with van der Waals surface area (Å²) in [6.45, 7) is 7.75. The predicted molar refractivity (Wildman–Crippen MR) is 62.6 cm³/mol. The minimum Gasteiger partial charge on any atom is -0.481 e. The van der Waals surface area contributed by atoms with Crippen molar-refractivity contribution in [3.63, 3.8) is 0 Å². The lowest BCUT2D eigenvalue weighted by molar-refractivity contribution is -0.154. The van der Waals surface area contributed by atoms with Crippen molar-refractivity contribution in [3.05, 3.63) is 0 Å². The van der Waals surface area contributed by atoms with Crippen molar-refractivity contribution in [1.29, 1.82) is 0 Å². The third-order valence-corrected chi connectivity index (χ3v) is 2.81. The molecular formula is C12H24O4. The van der Waals surface area contributed by atoms with Gasteiger partial charge in [0.15, 0.2) is 0 Å². The maximum absolute atomic E-state index is 11.3. The maximum Gasteiger partial charge on any atom is 0.311 e. The highest BCUT2D eigenvalue weighted by atomic mass is 16.5. The number of ether oxygens (including phenoxy) is 2. The predicted octanol–water partition coefficient (Wildman–Crippen LogP) is 2.32. The van der Waals surface area contributed by atoms with E-state index in [9.17, 15) is 9.90 Å². The second-order valence-electron chi connectivity index (χ2n) is 3.94. The number of carboxylic acid groups (broad SMARTS) is 1. The maximum atomic E-state index is 11.3. The summed E-state index contributed by atoms with van der Waals surface area (Å²) in [6.07, 6.45) is 2.12. The summed E-state index contributed by atoms with van der Waals surface area (Å²) < 4.78 is 10.5. The Kier molecular flexibility index (Phi) is 8.21. The number of carboxylic acids is 1.